The Balaban J connectivity index is 1.09. The van der Waals surface area contributed by atoms with Crippen molar-refractivity contribution < 1.29 is 18.7 Å². The van der Waals surface area contributed by atoms with E-state index in [1.54, 1.807) is 4.90 Å². The zero-order chi connectivity index (χ0) is 25.3. The highest BCUT2D eigenvalue weighted by molar-refractivity contribution is 5.91. The molecule has 3 aliphatic heterocycles. The van der Waals surface area contributed by atoms with E-state index in [0.717, 1.165) is 51.4 Å². The number of nitrogens with zero attached hydrogens (tertiary/aromatic N) is 3. The molecule has 2 fully saturated rings. The molecule has 0 aliphatic carbocycles. The number of amides is 1. The molecule has 1 amide bonds. The normalized spacial score (nSPS) is 21.3. The van der Waals surface area contributed by atoms with Gasteiger partial charge in [0.05, 0.1) is 6.10 Å². The lowest BCUT2D eigenvalue weighted by Crippen LogP contribution is -2.49. The van der Waals surface area contributed by atoms with Crippen molar-refractivity contribution in [3.05, 3.63) is 71.3 Å². The van der Waals surface area contributed by atoms with Gasteiger partial charge in [0, 0.05) is 56.5 Å². The van der Waals surface area contributed by atoms with Crippen molar-refractivity contribution in [2.75, 3.05) is 51.2 Å². The number of β-amino-alcohol motifs (C(OH)–C–C–N with tert-alkyl or cyclic N) is 1. The fourth-order valence-electron chi connectivity index (χ4n) is 6.33. The molecule has 192 valence electrons. The average molecular weight is 496 g/mol. The summed E-state index contributed by atoms with van der Waals surface area (Å²) >= 11 is 0. The van der Waals surface area contributed by atoms with Crippen molar-refractivity contribution in [3.8, 4) is 0 Å². The Morgan fingerprint density at radius 2 is 1.75 bits per heavy atom. The standard InChI is InChI=1S/C29H35F2N3O2/c1-32-20-29(25-4-2-3-5-26(25)32)10-14-33(15-11-29)19-27(35)22-8-12-34(13-9-22)28(36)7-6-21-16-23(30)18-24(31)17-21/h2-7,16-18,22,27,35H,8-15,19-20H2,1H3/b7-6+. The first-order chi connectivity index (χ1) is 17.3. The van der Waals surface area contributed by atoms with Gasteiger partial charge >= 0.3 is 0 Å². The highest BCUT2D eigenvalue weighted by atomic mass is 19.1. The molecular weight excluding hydrogens is 460 g/mol. The number of rotatable bonds is 5. The summed E-state index contributed by atoms with van der Waals surface area (Å²) in [5.41, 5.74) is 3.37. The molecule has 5 rings (SSSR count). The van der Waals surface area contributed by atoms with E-state index < -0.39 is 17.7 Å². The van der Waals surface area contributed by atoms with Crippen molar-refractivity contribution in [1.29, 1.82) is 0 Å². The molecule has 36 heavy (non-hydrogen) atoms. The Bertz CT molecular complexity index is 1100. The maximum absolute atomic E-state index is 13.3. The lowest BCUT2D eigenvalue weighted by Gasteiger charge is -2.42. The SMILES string of the molecule is CN1CC2(CCN(CC(O)C3CCN(C(=O)/C=C/c4cc(F)cc(F)c4)CC3)CC2)c2ccccc21. The molecule has 0 radical (unpaired) electrons. The third-order valence-electron chi connectivity index (χ3n) is 8.38. The minimum Gasteiger partial charge on any atom is -0.392 e. The van der Waals surface area contributed by atoms with E-state index in [-0.39, 0.29) is 17.2 Å². The van der Waals surface area contributed by atoms with Crippen LogP contribution in [0.4, 0.5) is 14.5 Å². The van der Waals surface area contributed by atoms with Crippen LogP contribution in [0.1, 0.15) is 36.8 Å². The number of benzene rings is 2. The van der Waals surface area contributed by atoms with Gasteiger partial charge in [-0.2, -0.15) is 0 Å². The van der Waals surface area contributed by atoms with Crippen LogP contribution in [0.3, 0.4) is 0 Å². The van der Waals surface area contributed by atoms with Crippen LogP contribution >= 0.6 is 0 Å². The first kappa shape index (κ1) is 24.9. The topological polar surface area (TPSA) is 47.0 Å². The second-order valence-electron chi connectivity index (χ2n) is 10.7. The molecule has 0 aromatic heterocycles. The number of halogens is 2. The van der Waals surface area contributed by atoms with Crippen LogP contribution < -0.4 is 4.90 Å². The number of carbonyl (C=O) groups excluding carboxylic acids is 1. The van der Waals surface area contributed by atoms with Gasteiger partial charge in [0.25, 0.3) is 0 Å². The fourth-order valence-corrected chi connectivity index (χ4v) is 6.33. The number of likely N-dealkylation sites (tertiary alicyclic amines) is 2. The third kappa shape index (κ3) is 5.18. The van der Waals surface area contributed by atoms with Crippen molar-refractivity contribution in [2.24, 2.45) is 5.92 Å². The Morgan fingerprint density at radius 1 is 1.08 bits per heavy atom. The second kappa shape index (κ2) is 10.3. The van der Waals surface area contributed by atoms with Crippen LogP contribution in [-0.4, -0.2) is 73.2 Å². The molecule has 5 nitrogen and oxygen atoms in total. The van der Waals surface area contributed by atoms with Crippen LogP contribution in [0.2, 0.25) is 0 Å². The number of hydrogen-bond acceptors (Lipinski definition) is 4. The smallest absolute Gasteiger partial charge is 0.246 e. The van der Waals surface area contributed by atoms with E-state index in [2.05, 4.69) is 41.1 Å². The number of carbonyl (C=O) groups is 1. The number of piperidine rings is 2. The molecule has 1 spiro atoms. The fraction of sp³-hybridized carbons (Fsp3) is 0.483. The van der Waals surface area contributed by atoms with Crippen LogP contribution in [-0.2, 0) is 10.2 Å². The van der Waals surface area contributed by atoms with Crippen molar-refractivity contribution >= 4 is 17.7 Å². The molecule has 1 atom stereocenters. The largest absolute Gasteiger partial charge is 0.392 e. The van der Waals surface area contributed by atoms with Crippen LogP contribution in [0.5, 0.6) is 0 Å². The van der Waals surface area contributed by atoms with E-state index in [1.165, 1.54) is 35.5 Å². The predicted molar refractivity (Wildman–Crippen MR) is 138 cm³/mol. The summed E-state index contributed by atoms with van der Waals surface area (Å²) in [4.78, 5) is 19.1. The van der Waals surface area contributed by atoms with E-state index in [0.29, 0.717) is 25.2 Å². The zero-order valence-electron chi connectivity index (χ0n) is 20.9. The maximum Gasteiger partial charge on any atom is 0.246 e. The van der Waals surface area contributed by atoms with Gasteiger partial charge in [-0.3, -0.25) is 4.79 Å². The zero-order valence-corrected chi connectivity index (χ0v) is 20.9. The number of likely N-dealkylation sites (N-methyl/N-ethyl adjacent to an activating group) is 1. The monoisotopic (exact) mass is 495 g/mol. The molecule has 2 aromatic rings. The van der Waals surface area contributed by atoms with Crippen molar-refractivity contribution in [1.82, 2.24) is 9.80 Å². The lowest BCUT2D eigenvalue weighted by molar-refractivity contribution is -0.128. The first-order valence-electron chi connectivity index (χ1n) is 13.0. The number of anilines is 1. The number of aliphatic hydroxyl groups is 1. The van der Waals surface area contributed by atoms with Crippen LogP contribution in [0.15, 0.2) is 48.5 Å². The van der Waals surface area contributed by atoms with Gasteiger partial charge in [-0.25, -0.2) is 8.78 Å². The quantitative estimate of drug-likeness (QED) is 0.636. The van der Waals surface area contributed by atoms with Crippen LogP contribution in [0, 0.1) is 17.6 Å². The summed E-state index contributed by atoms with van der Waals surface area (Å²) < 4.78 is 26.7. The number of aliphatic hydroxyl groups excluding tert-OH is 1. The summed E-state index contributed by atoms with van der Waals surface area (Å²) in [5, 5.41) is 11.0. The Kier molecular flexibility index (Phi) is 7.13. The summed E-state index contributed by atoms with van der Waals surface area (Å²) in [5.74, 6) is -1.33. The summed E-state index contributed by atoms with van der Waals surface area (Å²) in [6.07, 6.45) is 6.13. The van der Waals surface area contributed by atoms with E-state index >= 15 is 0 Å². The maximum atomic E-state index is 13.3. The molecule has 0 bridgehead atoms. The average Bonchev–Trinajstić information content (AvgIpc) is 3.15. The highest BCUT2D eigenvalue weighted by Gasteiger charge is 2.43. The van der Waals surface area contributed by atoms with Crippen LogP contribution in [0.25, 0.3) is 6.08 Å². The van der Waals surface area contributed by atoms with E-state index in [1.807, 2.05) is 0 Å². The number of hydrogen-bond donors (Lipinski definition) is 1. The molecule has 1 N–H and O–H groups in total. The van der Waals surface area contributed by atoms with Crippen molar-refractivity contribution in [3.63, 3.8) is 0 Å². The van der Waals surface area contributed by atoms with Gasteiger partial charge in [0.15, 0.2) is 0 Å². The number of fused-ring (bicyclic) bond motifs is 2. The Morgan fingerprint density at radius 3 is 2.44 bits per heavy atom. The minimum atomic E-state index is -0.666. The highest BCUT2D eigenvalue weighted by Crippen LogP contribution is 2.46. The molecular formula is C29H35F2N3O2. The van der Waals surface area contributed by atoms with Crippen molar-refractivity contribution in [2.45, 2.75) is 37.2 Å². The van der Waals surface area contributed by atoms with Gasteiger partial charge in [-0.1, -0.05) is 18.2 Å². The molecule has 1 unspecified atom stereocenters. The molecule has 3 heterocycles. The van der Waals surface area contributed by atoms with Gasteiger partial charge in [-0.15, -0.1) is 0 Å². The summed E-state index contributed by atoms with van der Waals surface area (Å²) in [6, 6.07) is 12.0. The van der Waals surface area contributed by atoms with E-state index in [9.17, 15) is 18.7 Å². The number of para-hydroxylation sites is 1. The van der Waals surface area contributed by atoms with Gasteiger partial charge in [0.2, 0.25) is 5.91 Å². The summed E-state index contributed by atoms with van der Waals surface area (Å²) in [7, 11) is 2.18. The lowest BCUT2D eigenvalue weighted by atomic mass is 9.74. The van der Waals surface area contributed by atoms with Gasteiger partial charge in [-0.05, 0) is 80.1 Å². The second-order valence-corrected chi connectivity index (χ2v) is 10.7. The third-order valence-corrected chi connectivity index (χ3v) is 8.38. The molecule has 7 heteroatoms. The minimum absolute atomic E-state index is 0.171. The molecule has 2 aromatic carbocycles. The van der Waals surface area contributed by atoms with E-state index in [4.69, 9.17) is 0 Å². The van der Waals surface area contributed by atoms with Gasteiger partial charge in [0.1, 0.15) is 11.6 Å². The summed E-state index contributed by atoms with van der Waals surface area (Å²) in [6.45, 7) is 4.88. The molecule has 3 aliphatic rings. The molecule has 2 saturated heterocycles. The van der Waals surface area contributed by atoms with Gasteiger partial charge < -0.3 is 19.8 Å². The predicted octanol–water partition coefficient (Wildman–Crippen LogP) is 4.06. The Hall–Kier alpha value is -2.77. The molecule has 0 saturated carbocycles. The first-order valence-corrected chi connectivity index (χ1v) is 13.0. The Labute approximate surface area is 212 Å².